The smallest absolute Gasteiger partial charge is 0.277 e. The normalized spacial score (nSPS) is 11.9. The molecule has 0 unspecified atom stereocenters. The van der Waals surface area contributed by atoms with E-state index < -0.39 is 23.7 Å². The second-order valence-electron chi connectivity index (χ2n) is 7.09. The van der Waals surface area contributed by atoms with Crippen LogP contribution in [0, 0.1) is 11.7 Å². The molecular weight excluding hydrogens is 387 g/mol. The van der Waals surface area contributed by atoms with Crippen molar-refractivity contribution < 1.29 is 18.4 Å². The van der Waals surface area contributed by atoms with Gasteiger partial charge in [0, 0.05) is 11.9 Å². The van der Waals surface area contributed by atoms with E-state index in [1.807, 2.05) is 45.0 Å². The topological polar surface area (TPSA) is 97.1 Å². The molecule has 0 fully saturated rings. The Morgan fingerprint density at radius 3 is 2.63 bits per heavy atom. The summed E-state index contributed by atoms with van der Waals surface area (Å²) in [7, 11) is 0. The standard InChI is InChI=1S/C22H23FN4O3/c1-4-14-7-5-6-8-17(14)25-21(29)18-12-30-22(26-18)19(13(2)3)27-20(28)15-9-10-24-11-16(15)23/h5-13,19H,4H2,1-3H3,(H,25,29)(H,27,28)/t19-/m0/s1. The first-order valence-electron chi connectivity index (χ1n) is 9.65. The molecule has 0 aliphatic rings. The van der Waals surface area contributed by atoms with Crippen molar-refractivity contribution in [1.82, 2.24) is 15.3 Å². The molecule has 1 aromatic carbocycles. The molecule has 0 spiro atoms. The van der Waals surface area contributed by atoms with Crippen molar-refractivity contribution in [2.24, 2.45) is 5.92 Å². The minimum atomic E-state index is -0.723. The van der Waals surface area contributed by atoms with E-state index in [-0.39, 0.29) is 23.1 Å². The Hall–Kier alpha value is -3.55. The fourth-order valence-corrected chi connectivity index (χ4v) is 2.96. The van der Waals surface area contributed by atoms with Crippen molar-refractivity contribution in [2.75, 3.05) is 5.32 Å². The first-order chi connectivity index (χ1) is 14.4. The van der Waals surface area contributed by atoms with E-state index in [0.29, 0.717) is 5.69 Å². The van der Waals surface area contributed by atoms with Crippen LogP contribution in [-0.4, -0.2) is 21.8 Å². The number of pyridine rings is 1. The predicted octanol–water partition coefficient (Wildman–Crippen LogP) is 4.15. The van der Waals surface area contributed by atoms with Gasteiger partial charge in [0.25, 0.3) is 11.8 Å². The molecule has 1 atom stereocenters. The summed E-state index contributed by atoms with van der Waals surface area (Å²) in [6.45, 7) is 5.71. The number of aromatic nitrogens is 2. The molecule has 30 heavy (non-hydrogen) atoms. The van der Waals surface area contributed by atoms with Gasteiger partial charge in [-0.2, -0.15) is 0 Å². The van der Waals surface area contributed by atoms with Gasteiger partial charge in [0.2, 0.25) is 5.89 Å². The molecule has 0 saturated carbocycles. The third-order valence-corrected chi connectivity index (χ3v) is 4.64. The highest BCUT2D eigenvalue weighted by Gasteiger charge is 2.26. The summed E-state index contributed by atoms with van der Waals surface area (Å²) >= 11 is 0. The third kappa shape index (κ3) is 4.71. The maximum Gasteiger partial charge on any atom is 0.277 e. The van der Waals surface area contributed by atoms with Crippen LogP contribution in [-0.2, 0) is 6.42 Å². The molecule has 2 N–H and O–H groups in total. The van der Waals surface area contributed by atoms with Gasteiger partial charge in [-0.1, -0.05) is 39.0 Å². The molecule has 3 rings (SSSR count). The van der Waals surface area contributed by atoms with Gasteiger partial charge < -0.3 is 15.1 Å². The number of carbonyl (C=O) groups excluding carboxylic acids is 2. The Bertz CT molecular complexity index is 1050. The molecule has 2 aromatic heterocycles. The molecule has 0 bridgehead atoms. The van der Waals surface area contributed by atoms with Gasteiger partial charge in [-0.25, -0.2) is 9.37 Å². The molecule has 0 saturated heterocycles. The highest BCUT2D eigenvalue weighted by Crippen LogP contribution is 2.23. The Balaban J connectivity index is 1.77. The molecule has 2 heterocycles. The van der Waals surface area contributed by atoms with E-state index in [2.05, 4.69) is 20.6 Å². The number of oxazole rings is 1. The zero-order chi connectivity index (χ0) is 21.7. The second-order valence-corrected chi connectivity index (χ2v) is 7.09. The Morgan fingerprint density at radius 2 is 1.93 bits per heavy atom. The number of aryl methyl sites for hydroxylation is 1. The summed E-state index contributed by atoms with van der Waals surface area (Å²) in [4.78, 5) is 33.0. The third-order valence-electron chi connectivity index (χ3n) is 4.64. The van der Waals surface area contributed by atoms with Crippen LogP contribution in [0.5, 0.6) is 0 Å². The molecule has 7 nitrogen and oxygen atoms in total. The number of carbonyl (C=O) groups is 2. The van der Waals surface area contributed by atoms with E-state index in [4.69, 9.17) is 4.42 Å². The minimum absolute atomic E-state index is 0.0888. The van der Waals surface area contributed by atoms with Crippen LogP contribution in [0.25, 0.3) is 0 Å². The monoisotopic (exact) mass is 410 g/mol. The van der Waals surface area contributed by atoms with Crippen molar-refractivity contribution in [3.05, 3.63) is 77.5 Å². The van der Waals surface area contributed by atoms with Crippen LogP contribution >= 0.6 is 0 Å². The van der Waals surface area contributed by atoms with Gasteiger partial charge in [0.15, 0.2) is 11.5 Å². The van der Waals surface area contributed by atoms with Crippen molar-refractivity contribution in [3.8, 4) is 0 Å². The Kier molecular flexibility index (Phi) is 6.56. The fraction of sp³-hybridized carbons (Fsp3) is 0.273. The zero-order valence-electron chi connectivity index (χ0n) is 17.0. The number of nitrogens with zero attached hydrogens (tertiary/aromatic N) is 2. The number of halogens is 1. The summed E-state index contributed by atoms with van der Waals surface area (Å²) in [6, 6.07) is 8.15. The van der Waals surface area contributed by atoms with Gasteiger partial charge >= 0.3 is 0 Å². The molecule has 8 heteroatoms. The highest BCUT2D eigenvalue weighted by molar-refractivity contribution is 6.03. The van der Waals surface area contributed by atoms with Crippen LogP contribution in [0.4, 0.5) is 10.1 Å². The highest BCUT2D eigenvalue weighted by atomic mass is 19.1. The van der Waals surface area contributed by atoms with Gasteiger partial charge in [-0.15, -0.1) is 0 Å². The van der Waals surface area contributed by atoms with Crippen molar-refractivity contribution >= 4 is 17.5 Å². The van der Waals surface area contributed by atoms with Gasteiger partial charge in [-0.3, -0.25) is 14.6 Å². The summed E-state index contributed by atoms with van der Waals surface area (Å²) in [6.07, 6.45) is 4.33. The molecule has 3 aromatic rings. The van der Waals surface area contributed by atoms with E-state index in [9.17, 15) is 14.0 Å². The van der Waals surface area contributed by atoms with Crippen LogP contribution in [0.2, 0.25) is 0 Å². The maximum atomic E-state index is 13.9. The molecule has 2 amide bonds. The Morgan fingerprint density at radius 1 is 1.17 bits per heavy atom. The average Bonchev–Trinajstić information content (AvgIpc) is 3.22. The van der Waals surface area contributed by atoms with Gasteiger partial charge in [0.05, 0.1) is 11.8 Å². The molecule has 0 radical (unpaired) electrons. The number of para-hydroxylation sites is 1. The van der Waals surface area contributed by atoms with Crippen molar-refractivity contribution in [3.63, 3.8) is 0 Å². The number of hydrogen-bond acceptors (Lipinski definition) is 5. The molecule has 0 aliphatic heterocycles. The van der Waals surface area contributed by atoms with Crippen LogP contribution < -0.4 is 10.6 Å². The number of benzene rings is 1. The first-order valence-corrected chi connectivity index (χ1v) is 9.65. The van der Waals surface area contributed by atoms with E-state index in [0.717, 1.165) is 18.2 Å². The van der Waals surface area contributed by atoms with Crippen LogP contribution in [0.1, 0.15) is 59.1 Å². The number of amides is 2. The first kappa shape index (κ1) is 21.2. The minimum Gasteiger partial charge on any atom is -0.446 e. The fourth-order valence-electron chi connectivity index (χ4n) is 2.96. The number of nitrogens with one attached hydrogen (secondary N) is 2. The zero-order valence-corrected chi connectivity index (χ0v) is 17.0. The van der Waals surface area contributed by atoms with Crippen molar-refractivity contribution in [1.29, 1.82) is 0 Å². The molecule has 0 aliphatic carbocycles. The average molecular weight is 410 g/mol. The lowest BCUT2D eigenvalue weighted by atomic mass is 10.0. The summed E-state index contributed by atoms with van der Waals surface area (Å²) in [5, 5.41) is 5.54. The largest absolute Gasteiger partial charge is 0.446 e. The Labute approximate surface area is 173 Å². The summed E-state index contributed by atoms with van der Waals surface area (Å²) in [5.41, 5.74) is 1.67. The molecule has 156 valence electrons. The van der Waals surface area contributed by atoms with Gasteiger partial charge in [-0.05, 0) is 30.0 Å². The number of hydrogen-bond donors (Lipinski definition) is 2. The van der Waals surface area contributed by atoms with Crippen LogP contribution in [0.3, 0.4) is 0 Å². The van der Waals surface area contributed by atoms with Crippen LogP contribution in [0.15, 0.2) is 53.4 Å². The van der Waals surface area contributed by atoms with E-state index >= 15 is 0 Å². The number of anilines is 1. The van der Waals surface area contributed by atoms with Crippen molar-refractivity contribution in [2.45, 2.75) is 33.2 Å². The lowest BCUT2D eigenvalue weighted by Crippen LogP contribution is -2.32. The SMILES string of the molecule is CCc1ccccc1NC(=O)c1coc([C@@H](NC(=O)c2ccncc2F)C(C)C)n1. The van der Waals surface area contributed by atoms with Gasteiger partial charge in [0.1, 0.15) is 12.3 Å². The van der Waals surface area contributed by atoms with E-state index in [1.54, 1.807) is 0 Å². The summed E-state index contributed by atoms with van der Waals surface area (Å²) < 4.78 is 19.3. The quantitative estimate of drug-likeness (QED) is 0.610. The second kappa shape index (κ2) is 9.30. The number of rotatable bonds is 7. The molecular formula is C22H23FN4O3. The van der Waals surface area contributed by atoms with E-state index in [1.165, 1.54) is 18.5 Å². The summed E-state index contributed by atoms with van der Waals surface area (Å²) in [5.74, 6) is -1.70. The lowest BCUT2D eigenvalue weighted by molar-refractivity contribution is 0.0912. The predicted molar refractivity (Wildman–Crippen MR) is 110 cm³/mol. The maximum absolute atomic E-state index is 13.9. The lowest BCUT2D eigenvalue weighted by Gasteiger charge is -2.19.